The van der Waals surface area contributed by atoms with Gasteiger partial charge in [0.15, 0.2) is 0 Å². The van der Waals surface area contributed by atoms with Gasteiger partial charge in [0.2, 0.25) is 0 Å². The second-order valence-corrected chi connectivity index (χ2v) is 7.24. The molecule has 2 unspecified atom stereocenters. The molecule has 1 heterocycles. The average molecular weight is 288 g/mol. The molecule has 1 fully saturated rings. The lowest BCUT2D eigenvalue weighted by Crippen LogP contribution is -2.62. The fraction of sp³-hybridized carbons (Fsp3) is 0.684. The van der Waals surface area contributed by atoms with E-state index in [1.807, 2.05) is 0 Å². The van der Waals surface area contributed by atoms with Crippen molar-refractivity contribution in [3.63, 3.8) is 0 Å². The van der Waals surface area contributed by atoms with E-state index in [4.69, 9.17) is 0 Å². The predicted octanol–water partition coefficient (Wildman–Crippen LogP) is 3.85. The summed E-state index contributed by atoms with van der Waals surface area (Å²) in [5, 5.41) is 3.75. The summed E-state index contributed by atoms with van der Waals surface area (Å²) >= 11 is 0. The highest BCUT2D eigenvalue weighted by Crippen LogP contribution is 2.24. The summed E-state index contributed by atoms with van der Waals surface area (Å²) in [4.78, 5) is 2.65. The van der Waals surface area contributed by atoms with Crippen molar-refractivity contribution in [2.45, 2.75) is 65.6 Å². The molecule has 1 N–H and O–H groups in total. The Morgan fingerprint density at radius 3 is 2.38 bits per heavy atom. The molecule has 1 saturated heterocycles. The quantitative estimate of drug-likeness (QED) is 0.885. The van der Waals surface area contributed by atoms with Crippen molar-refractivity contribution < 1.29 is 0 Å². The summed E-state index contributed by atoms with van der Waals surface area (Å²) < 4.78 is 0. The summed E-state index contributed by atoms with van der Waals surface area (Å²) in [6.07, 6.45) is 2.37. The molecule has 1 aliphatic heterocycles. The van der Waals surface area contributed by atoms with Crippen molar-refractivity contribution in [2.75, 3.05) is 13.1 Å². The first kappa shape index (κ1) is 16.5. The van der Waals surface area contributed by atoms with Crippen LogP contribution in [-0.2, 0) is 13.0 Å². The van der Waals surface area contributed by atoms with Crippen LogP contribution >= 0.6 is 0 Å². The highest BCUT2D eigenvalue weighted by atomic mass is 15.3. The van der Waals surface area contributed by atoms with Crippen molar-refractivity contribution in [1.82, 2.24) is 10.2 Å². The van der Waals surface area contributed by atoms with Gasteiger partial charge < -0.3 is 5.32 Å². The molecule has 2 nitrogen and oxygen atoms in total. The molecule has 2 rings (SSSR count). The highest BCUT2D eigenvalue weighted by molar-refractivity contribution is 5.22. The zero-order valence-corrected chi connectivity index (χ0v) is 14.4. The normalized spacial score (nSPS) is 24.0. The molecular weight excluding hydrogens is 256 g/mol. The summed E-state index contributed by atoms with van der Waals surface area (Å²) in [6.45, 7) is 14.9. The first-order valence-corrected chi connectivity index (χ1v) is 8.52. The lowest BCUT2D eigenvalue weighted by molar-refractivity contribution is 0.0449. The first-order chi connectivity index (χ1) is 9.96. The average Bonchev–Trinajstić information content (AvgIpc) is 2.49. The third kappa shape index (κ3) is 4.08. The van der Waals surface area contributed by atoms with E-state index in [9.17, 15) is 0 Å². The van der Waals surface area contributed by atoms with Gasteiger partial charge in [-0.1, -0.05) is 51.5 Å². The Morgan fingerprint density at radius 2 is 1.81 bits per heavy atom. The van der Waals surface area contributed by atoms with E-state index in [2.05, 4.69) is 69.1 Å². The van der Waals surface area contributed by atoms with Crippen LogP contribution < -0.4 is 5.32 Å². The lowest BCUT2D eigenvalue weighted by Gasteiger charge is -2.47. The fourth-order valence-electron chi connectivity index (χ4n) is 3.09. The topological polar surface area (TPSA) is 15.3 Å². The van der Waals surface area contributed by atoms with Crippen molar-refractivity contribution in [1.29, 1.82) is 0 Å². The van der Waals surface area contributed by atoms with Crippen LogP contribution in [0.25, 0.3) is 0 Å². The lowest BCUT2D eigenvalue weighted by atomic mass is 9.90. The van der Waals surface area contributed by atoms with Gasteiger partial charge in [-0.2, -0.15) is 0 Å². The van der Waals surface area contributed by atoms with Gasteiger partial charge in [0.25, 0.3) is 0 Å². The van der Waals surface area contributed by atoms with E-state index >= 15 is 0 Å². The number of aryl methyl sites for hydroxylation is 1. The Balaban J connectivity index is 2.06. The minimum absolute atomic E-state index is 0.230. The zero-order valence-electron chi connectivity index (χ0n) is 14.4. The molecule has 0 radical (unpaired) electrons. The molecule has 1 aromatic carbocycles. The Labute approximate surface area is 130 Å². The molecule has 0 amide bonds. The van der Waals surface area contributed by atoms with Crippen molar-refractivity contribution in [3.8, 4) is 0 Å². The molecular formula is C19H32N2. The Morgan fingerprint density at radius 1 is 1.19 bits per heavy atom. The Kier molecular flexibility index (Phi) is 5.45. The molecule has 0 aliphatic carbocycles. The maximum Gasteiger partial charge on any atom is 0.0281 e. The van der Waals surface area contributed by atoms with Crippen LogP contribution in [-0.4, -0.2) is 29.6 Å². The van der Waals surface area contributed by atoms with E-state index < -0.39 is 0 Å². The van der Waals surface area contributed by atoms with E-state index in [1.54, 1.807) is 0 Å². The molecule has 21 heavy (non-hydrogen) atoms. The van der Waals surface area contributed by atoms with Crippen LogP contribution in [0.2, 0.25) is 0 Å². The van der Waals surface area contributed by atoms with Gasteiger partial charge in [0.05, 0.1) is 0 Å². The molecule has 0 bridgehead atoms. The van der Waals surface area contributed by atoms with Crippen LogP contribution in [0, 0.1) is 5.92 Å². The SMILES string of the molecule is CCc1ccc(CN2CC(C(C)CC)NCC2(C)C)cc1. The number of nitrogens with one attached hydrogen (secondary N) is 1. The molecule has 2 heteroatoms. The molecule has 2 atom stereocenters. The van der Waals surface area contributed by atoms with E-state index in [0.717, 1.165) is 32.0 Å². The predicted molar refractivity (Wildman–Crippen MR) is 91.6 cm³/mol. The van der Waals surface area contributed by atoms with Crippen LogP contribution in [0.3, 0.4) is 0 Å². The number of piperazine rings is 1. The summed E-state index contributed by atoms with van der Waals surface area (Å²) in [5.41, 5.74) is 3.09. The first-order valence-electron chi connectivity index (χ1n) is 8.52. The molecule has 0 spiro atoms. The summed E-state index contributed by atoms with van der Waals surface area (Å²) in [5.74, 6) is 0.742. The highest BCUT2D eigenvalue weighted by Gasteiger charge is 2.35. The minimum atomic E-state index is 0.230. The summed E-state index contributed by atoms with van der Waals surface area (Å²) in [7, 11) is 0. The third-order valence-electron chi connectivity index (χ3n) is 5.21. The second-order valence-electron chi connectivity index (χ2n) is 7.24. The van der Waals surface area contributed by atoms with Crippen LogP contribution in [0.1, 0.15) is 52.2 Å². The van der Waals surface area contributed by atoms with Crippen molar-refractivity contribution in [2.24, 2.45) is 5.92 Å². The van der Waals surface area contributed by atoms with Gasteiger partial charge in [-0.3, -0.25) is 4.90 Å². The molecule has 0 aromatic heterocycles. The molecule has 1 aliphatic rings. The van der Waals surface area contributed by atoms with Gasteiger partial charge in [-0.15, -0.1) is 0 Å². The summed E-state index contributed by atoms with van der Waals surface area (Å²) in [6, 6.07) is 9.77. The zero-order chi connectivity index (χ0) is 15.5. The number of hydrogen-bond donors (Lipinski definition) is 1. The van der Waals surface area contributed by atoms with E-state index in [1.165, 1.54) is 17.5 Å². The van der Waals surface area contributed by atoms with Crippen molar-refractivity contribution in [3.05, 3.63) is 35.4 Å². The van der Waals surface area contributed by atoms with Gasteiger partial charge >= 0.3 is 0 Å². The van der Waals surface area contributed by atoms with Gasteiger partial charge in [-0.25, -0.2) is 0 Å². The van der Waals surface area contributed by atoms with Gasteiger partial charge in [-0.05, 0) is 37.3 Å². The maximum absolute atomic E-state index is 3.75. The smallest absolute Gasteiger partial charge is 0.0281 e. The minimum Gasteiger partial charge on any atom is -0.311 e. The molecule has 1 aromatic rings. The molecule has 118 valence electrons. The van der Waals surface area contributed by atoms with Crippen LogP contribution in [0.4, 0.5) is 0 Å². The number of benzene rings is 1. The van der Waals surface area contributed by atoms with Gasteiger partial charge in [0.1, 0.15) is 0 Å². The van der Waals surface area contributed by atoms with Crippen LogP contribution in [0.5, 0.6) is 0 Å². The fourth-order valence-corrected chi connectivity index (χ4v) is 3.09. The Bertz CT molecular complexity index is 435. The number of rotatable bonds is 5. The second kappa shape index (κ2) is 6.93. The Hall–Kier alpha value is -0.860. The number of hydrogen-bond acceptors (Lipinski definition) is 2. The van der Waals surface area contributed by atoms with Crippen LogP contribution in [0.15, 0.2) is 24.3 Å². The largest absolute Gasteiger partial charge is 0.311 e. The third-order valence-corrected chi connectivity index (χ3v) is 5.21. The molecule has 0 saturated carbocycles. The van der Waals surface area contributed by atoms with Crippen molar-refractivity contribution >= 4 is 0 Å². The van der Waals surface area contributed by atoms with E-state index in [0.29, 0.717) is 6.04 Å². The number of nitrogens with zero attached hydrogens (tertiary/aromatic N) is 1. The monoisotopic (exact) mass is 288 g/mol. The maximum atomic E-state index is 3.75. The van der Waals surface area contributed by atoms with E-state index in [-0.39, 0.29) is 5.54 Å². The van der Waals surface area contributed by atoms with Gasteiger partial charge in [0, 0.05) is 31.2 Å². The standard InChI is InChI=1S/C19H32N2/c1-6-15(3)18-13-21(19(4,5)14-20-18)12-17-10-8-16(7-2)9-11-17/h8-11,15,18,20H,6-7,12-14H2,1-5H3.